The first kappa shape index (κ1) is 22.7. The summed E-state index contributed by atoms with van der Waals surface area (Å²) in [6.07, 6.45) is 2.80. The highest BCUT2D eigenvalue weighted by Gasteiger charge is 2.34. The molecule has 0 bridgehead atoms. The molecule has 1 amide bonds. The van der Waals surface area contributed by atoms with Crippen LogP contribution in [-0.2, 0) is 4.79 Å². The number of thioether (sulfide) groups is 1. The third-order valence-electron chi connectivity index (χ3n) is 4.83. The van der Waals surface area contributed by atoms with Crippen LogP contribution >= 0.6 is 11.8 Å². The number of hydrogen-bond acceptors (Lipinski definition) is 5. The van der Waals surface area contributed by atoms with E-state index in [2.05, 4.69) is 6.92 Å². The number of amidine groups is 1. The summed E-state index contributed by atoms with van der Waals surface area (Å²) in [5, 5.41) is 0.622. The van der Waals surface area contributed by atoms with Crippen molar-refractivity contribution in [3.63, 3.8) is 0 Å². The second-order valence-corrected chi connectivity index (χ2v) is 8.31. The average Bonchev–Trinajstić information content (AvgIpc) is 3.14. The lowest BCUT2D eigenvalue weighted by molar-refractivity contribution is -0.113. The number of nitrogens with zero attached hydrogens (tertiary/aromatic N) is 2. The second kappa shape index (κ2) is 10.9. The highest BCUT2D eigenvalue weighted by molar-refractivity contribution is 8.19. The van der Waals surface area contributed by atoms with E-state index in [1.54, 1.807) is 4.90 Å². The number of carbonyl (C=O) groups excluding carboxylic acids is 1. The number of benzene rings is 3. The summed E-state index contributed by atoms with van der Waals surface area (Å²) in [4.78, 5) is 20.4. The van der Waals surface area contributed by atoms with Crippen LogP contribution in [0.25, 0.3) is 6.08 Å². The Hall–Kier alpha value is -3.51. The van der Waals surface area contributed by atoms with Gasteiger partial charge in [0.1, 0.15) is 0 Å². The maximum Gasteiger partial charge on any atom is 0.271 e. The number of para-hydroxylation sites is 2. The minimum Gasteiger partial charge on any atom is -0.490 e. The van der Waals surface area contributed by atoms with Gasteiger partial charge in [0, 0.05) is 0 Å². The average molecular weight is 459 g/mol. The van der Waals surface area contributed by atoms with Gasteiger partial charge >= 0.3 is 0 Å². The van der Waals surface area contributed by atoms with Crippen LogP contribution in [0.4, 0.5) is 11.4 Å². The molecular formula is C27H26N2O3S. The van der Waals surface area contributed by atoms with E-state index in [0.717, 1.165) is 23.4 Å². The molecule has 0 aliphatic carbocycles. The lowest BCUT2D eigenvalue weighted by atomic mass is 10.1. The quantitative estimate of drug-likeness (QED) is 0.353. The van der Waals surface area contributed by atoms with Gasteiger partial charge < -0.3 is 9.47 Å². The van der Waals surface area contributed by atoms with Crippen molar-refractivity contribution in [2.45, 2.75) is 20.3 Å². The number of aliphatic imine (C=N–C) groups is 1. The summed E-state index contributed by atoms with van der Waals surface area (Å²) in [5.41, 5.74) is 2.45. The van der Waals surface area contributed by atoms with Crippen LogP contribution in [0.5, 0.6) is 11.5 Å². The smallest absolute Gasteiger partial charge is 0.271 e. The fraction of sp³-hybridized carbons (Fsp3) is 0.185. The molecule has 0 aromatic heterocycles. The predicted octanol–water partition coefficient (Wildman–Crippen LogP) is 6.68. The van der Waals surface area contributed by atoms with Crippen LogP contribution in [-0.4, -0.2) is 24.3 Å². The number of rotatable bonds is 8. The minimum absolute atomic E-state index is 0.106. The first-order valence-corrected chi connectivity index (χ1v) is 11.8. The van der Waals surface area contributed by atoms with Gasteiger partial charge in [0.15, 0.2) is 16.7 Å². The SMILES string of the molecule is CCCOc1ccc(/C=C2\SC(=Nc3ccccc3)N(c3ccccc3)C2=O)cc1OCC. The molecule has 0 spiro atoms. The number of hydrogen-bond donors (Lipinski definition) is 0. The number of carbonyl (C=O) groups is 1. The van der Waals surface area contributed by atoms with Gasteiger partial charge in [-0.05, 0) is 73.1 Å². The number of ether oxygens (including phenoxy) is 2. The van der Waals surface area contributed by atoms with Crippen LogP contribution in [0.15, 0.2) is 88.8 Å². The van der Waals surface area contributed by atoms with Crippen LogP contribution in [0.2, 0.25) is 0 Å². The first-order valence-electron chi connectivity index (χ1n) is 11.0. The third kappa shape index (κ3) is 5.46. The standard InChI is InChI=1S/C27H26N2O3S/c1-3-17-32-23-16-15-20(18-24(23)31-4-2)19-25-26(30)29(22-13-9-6-10-14-22)27(33-25)28-21-11-7-5-8-12-21/h5-16,18-19H,3-4,17H2,1-2H3/b25-19-,28-27?. The van der Waals surface area contributed by atoms with Crippen molar-refractivity contribution < 1.29 is 14.3 Å². The van der Waals surface area contributed by atoms with Crippen molar-refractivity contribution in [1.82, 2.24) is 0 Å². The fourth-order valence-corrected chi connectivity index (χ4v) is 4.33. The van der Waals surface area contributed by atoms with Crippen molar-refractivity contribution >= 4 is 40.3 Å². The minimum atomic E-state index is -0.106. The molecule has 1 heterocycles. The van der Waals surface area contributed by atoms with Crippen molar-refractivity contribution in [3.8, 4) is 11.5 Å². The zero-order chi connectivity index (χ0) is 23.0. The number of anilines is 1. The zero-order valence-electron chi connectivity index (χ0n) is 18.7. The van der Waals surface area contributed by atoms with E-state index >= 15 is 0 Å². The zero-order valence-corrected chi connectivity index (χ0v) is 19.5. The van der Waals surface area contributed by atoms with Gasteiger partial charge in [0.05, 0.1) is 29.5 Å². The Morgan fingerprint density at radius 1 is 0.909 bits per heavy atom. The lowest BCUT2D eigenvalue weighted by Gasteiger charge is -2.15. The molecule has 168 valence electrons. The summed E-state index contributed by atoms with van der Waals surface area (Å²) in [5.74, 6) is 1.28. The Morgan fingerprint density at radius 3 is 2.33 bits per heavy atom. The van der Waals surface area contributed by atoms with E-state index < -0.39 is 0 Å². The van der Waals surface area contributed by atoms with Crippen molar-refractivity contribution in [1.29, 1.82) is 0 Å². The molecule has 0 saturated carbocycles. The Bertz CT molecular complexity index is 1160. The second-order valence-electron chi connectivity index (χ2n) is 7.30. The lowest BCUT2D eigenvalue weighted by Crippen LogP contribution is -2.28. The van der Waals surface area contributed by atoms with E-state index in [1.165, 1.54) is 11.8 Å². The van der Waals surface area contributed by atoms with Gasteiger partial charge in [-0.3, -0.25) is 9.69 Å². The van der Waals surface area contributed by atoms with Gasteiger partial charge in [0.25, 0.3) is 5.91 Å². The molecule has 1 fully saturated rings. The molecule has 0 N–H and O–H groups in total. The maximum atomic E-state index is 13.4. The molecule has 3 aromatic rings. The van der Waals surface area contributed by atoms with Crippen LogP contribution in [0, 0.1) is 0 Å². The van der Waals surface area contributed by atoms with E-state index in [4.69, 9.17) is 14.5 Å². The van der Waals surface area contributed by atoms with Gasteiger partial charge in [-0.15, -0.1) is 0 Å². The van der Waals surface area contributed by atoms with Gasteiger partial charge in [-0.2, -0.15) is 0 Å². The third-order valence-corrected chi connectivity index (χ3v) is 5.80. The van der Waals surface area contributed by atoms with E-state index in [9.17, 15) is 4.79 Å². The summed E-state index contributed by atoms with van der Waals surface area (Å²) < 4.78 is 11.6. The molecule has 1 aliphatic rings. The van der Waals surface area contributed by atoms with Crippen LogP contribution in [0.1, 0.15) is 25.8 Å². The van der Waals surface area contributed by atoms with E-state index in [-0.39, 0.29) is 5.91 Å². The molecule has 0 unspecified atom stereocenters. The van der Waals surface area contributed by atoms with Crippen molar-refractivity contribution in [3.05, 3.63) is 89.3 Å². The maximum absolute atomic E-state index is 13.4. The van der Waals surface area contributed by atoms with E-state index in [1.807, 2.05) is 91.9 Å². The Morgan fingerprint density at radius 2 is 1.64 bits per heavy atom. The molecule has 4 rings (SSSR count). The van der Waals surface area contributed by atoms with Gasteiger partial charge in [-0.1, -0.05) is 49.4 Å². The molecular weight excluding hydrogens is 432 g/mol. The molecule has 0 atom stereocenters. The molecule has 6 heteroatoms. The fourth-order valence-electron chi connectivity index (χ4n) is 3.33. The highest BCUT2D eigenvalue weighted by Crippen LogP contribution is 2.38. The Labute approximate surface area is 198 Å². The molecule has 1 saturated heterocycles. The Balaban J connectivity index is 1.70. The molecule has 0 radical (unpaired) electrons. The van der Waals surface area contributed by atoms with Gasteiger partial charge in [-0.25, -0.2) is 4.99 Å². The topological polar surface area (TPSA) is 51.1 Å². The van der Waals surface area contributed by atoms with Crippen LogP contribution in [0.3, 0.4) is 0 Å². The highest BCUT2D eigenvalue weighted by atomic mass is 32.2. The largest absolute Gasteiger partial charge is 0.490 e. The predicted molar refractivity (Wildman–Crippen MR) is 136 cm³/mol. The Kier molecular flexibility index (Phi) is 7.47. The molecule has 5 nitrogen and oxygen atoms in total. The first-order chi connectivity index (χ1) is 16.2. The number of amides is 1. The summed E-state index contributed by atoms with van der Waals surface area (Å²) in [7, 11) is 0. The van der Waals surface area contributed by atoms with E-state index in [0.29, 0.717) is 34.8 Å². The summed E-state index contributed by atoms with van der Waals surface area (Å²) >= 11 is 1.36. The summed E-state index contributed by atoms with van der Waals surface area (Å²) in [6.45, 7) is 5.16. The molecule has 3 aromatic carbocycles. The van der Waals surface area contributed by atoms with Crippen molar-refractivity contribution in [2.75, 3.05) is 18.1 Å². The normalized spacial score (nSPS) is 15.9. The molecule has 33 heavy (non-hydrogen) atoms. The van der Waals surface area contributed by atoms with Crippen molar-refractivity contribution in [2.24, 2.45) is 4.99 Å². The molecule has 1 aliphatic heterocycles. The van der Waals surface area contributed by atoms with Gasteiger partial charge in [0.2, 0.25) is 0 Å². The van der Waals surface area contributed by atoms with Crippen LogP contribution < -0.4 is 14.4 Å². The summed E-state index contributed by atoms with van der Waals surface area (Å²) in [6, 6.07) is 25.0. The monoisotopic (exact) mass is 458 g/mol.